The third-order valence-electron chi connectivity index (χ3n) is 14.4. The Labute approximate surface area is 321 Å². The summed E-state index contributed by atoms with van der Waals surface area (Å²) in [6.07, 6.45) is 5.43. The van der Waals surface area contributed by atoms with Gasteiger partial charge in [0.2, 0.25) is 0 Å². The van der Waals surface area contributed by atoms with Gasteiger partial charge in [-0.1, -0.05) is 110 Å². The molecule has 9 atom stereocenters. The Kier molecular flexibility index (Phi) is 8.98. The monoisotopic (exact) mass is 748 g/mol. The fourth-order valence-electron chi connectivity index (χ4n) is 11.7. The number of thioether (sulfide) groups is 1. The van der Waals surface area contributed by atoms with E-state index in [1.165, 1.54) is 6.08 Å². The second-order valence-corrected chi connectivity index (χ2v) is 18.0. The first-order valence-electron chi connectivity index (χ1n) is 19.6. The first-order chi connectivity index (χ1) is 26.1. The number of alkyl halides is 1. The first kappa shape index (κ1) is 36.3. The number of benzene rings is 3. The molecule has 1 N–H and O–H groups in total. The molecule has 3 aromatic carbocycles. The average Bonchev–Trinajstić information content (AvgIpc) is 3.71. The molecule has 8 heteroatoms. The van der Waals surface area contributed by atoms with Crippen LogP contribution in [0.15, 0.2) is 115 Å². The number of halogens is 1. The molecule has 0 amide bonds. The maximum atomic E-state index is 18.2. The van der Waals surface area contributed by atoms with Crippen LogP contribution in [-0.4, -0.2) is 64.6 Å². The van der Waals surface area contributed by atoms with Gasteiger partial charge in [-0.2, -0.15) is 11.8 Å². The van der Waals surface area contributed by atoms with Gasteiger partial charge >= 0.3 is 0 Å². The molecule has 4 aliphatic carbocycles. The molecule has 282 valence electrons. The van der Waals surface area contributed by atoms with Gasteiger partial charge in [0, 0.05) is 22.7 Å². The van der Waals surface area contributed by atoms with Crippen molar-refractivity contribution in [3.8, 4) is 0 Å². The maximum absolute atomic E-state index is 18.2. The Morgan fingerprint density at radius 1 is 0.907 bits per heavy atom. The molecule has 0 bridgehead atoms. The normalized spacial score (nSPS) is 37.5. The van der Waals surface area contributed by atoms with Crippen LogP contribution >= 0.6 is 11.8 Å². The van der Waals surface area contributed by atoms with Crippen LogP contribution in [0.5, 0.6) is 0 Å². The zero-order valence-electron chi connectivity index (χ0n) is 31.0. The number of carbonyl (C=O) groups excluding carboxylic acids is 2. The number of ketones is 2. The Bertz CT molecular complexity index is 1870. The van der Waals surface area contributed by atoms with Crippen LogP contribution < -0.4 is 0 Å². The molecule has 54 heavy (non-hydrogen) atoms. The van der Waals surface area contributed by atoms with Gasteiger partial charge in [0.1, 0.15) is 12.2 Å². The third kappa shape index (κ3) is 5.05. The van der Waals surface area contributed by atoms with E-state index in [-0.39, 0.29) is 36.4 Å². The van der Waals surface area contributed by atoms with Crippen LogP contribution in [0.3, 0.4) is 0 Å². The molecule has 5 fully saturated rings. The Balaban J connectivity index is 1.13. The van der Waals surface area contributed by atoms with Gasteiger partial charge in [0.25, 0.3) is 0 Å². The number of ether oxygens (including phenoxy) is 3. The number of aliphatic hydroxyl groups excluding tert-OH is 1. The second kappa shape index (κ2) is 13.4. The topological polar surface area (TPSA) is 82.1 Å². The van der Waals surface area contributed by atoms with E-state index in [0.717, 1.165) is 46.6 Å². The van der Waals surface area contributed by atoms with Crippen molar-refractivity contribution in [1.82, 2.24) is 0 Å². The number of aliphatic hydroxyl groups is 1. The fraction of sp³-hybridized carbons (Fsp3) is 0.478. The number of fused-ring (bicyclic) bond motifs is 7. The van der Waals surface area contributed by atoms with Crippen molar-refractivity contribution in [1.29, 1.82) is 0 Å². The summed E-state index contributed by atoms with van der Waals surface area (Å²) in [7, 11) is 0. The molecule has 3 aromatic rings. The highest BCUT2D eigenvalue weighted by Gasteiger charge is 2.79. The van der Waals surface area contributed by atoms with Crippen LogP contribution in [-0.2, 0) is 29.4 Å². The highest BCUT2D eigenvalue weighted by molar-refractivity contribution is 7.99. The number of hydrogen-bond acceptors (Lipinski definition) is 7. The van der Waals surface area contributed by atoms with E-state index in [1.807, 2.05) is 117 Å². The average molecular weight is 749 g/mol. The van der Waals surface area contributed by atoms with Crippen molar-refractivity contribution in [2.45, 2.75) is 87.7 Å². The van der Waals surface area contributed by atoms with Crippen molar-refractivity contribution in [2.24, 2.45) is 28.6 Å². The molecule has 3 saturated carbocycles. The second-order valence-electron chi connectivity index (χ2n) is 16.8. The lowest BCUT2D eigenvalue weighted by atomic mass is 9.44. The molecule has 2 saturated heterocycles. The Morgan fingerprint density at radius 2 is 1.50 bits per heavy atom. The molecule has 0 aromatic heterocycles. The lowest BCUT2D eigenvalue weighted by Crippen LogP contribution is -2.70. The largest absolute Gasteiger partial charge is 0.390 e. The van der Waals surface area contributed by atoms with Crippen LogP contribution in [0.2, 0.25) is 0 Å². The zero-order valence-corrected chi connectivity index (χ0v) is 31.8. The summed E-state index contributed by atoms with van der Waals surface area (Å²) >= 11 is 1.92. The highest BCUT2D eigenvalue weighted by Crippen LogP contribution is 2.72. The van der Waals surface area contributed by atoms with Gasteiger partial charge in [-0.05, 0) is 91.7 Å². The summed E-state index contributed by atoms with van der Waals surface area (Å²) in [6, 6.07) is 30.0. The van der Waals surface area contributed by atoms with Crippen molar-refractivity contribution in [3.05, 3.63) is 131 Å². The molecule has 0 radical (unpaired) electrons. The highest BCUT2D eigenvalue weighted by atomic mass is 32.2. The zero-order chi connectivity index (χ0) is 37.3. The molecule has 0 spiro atoms. The first-order valence-corrected chi connectivity index (χ1v) is 20.8. The van der Waals surface area contributed by atoms with E-state index in [0.29, 0.717) is 19.3 Å². The SMILES string of the molecule is C[C@]12C=CC(=O)C=C1CC[C@H]1[C@@H]3C[C@H]4O[C@@H](C5CCSCC5)O[C@@]4(C(=O)COC(c4ccccc4)(c4ccccc4)c4ccccc4)[C@@]3(C)C[C@H](O)[C@@]12F. The minimum absolute atomic E-state index is 0.0232. The number of hydrogen-bond donors (Lipinski definition) is 1. The molecule has 0 unspecified atom stereocenters. The van der Waals surface area contributed by atoms with Crippen LogP contribution in [0.25, 0.3) is 0 Å². The van der Waals surface area contributed by atoms with E-state index in [9.17, 15) is 9.90 Å². The quantitative estimate of drug-likeness (QED) is 0.233. The minimum Gasteiger partial charge on any atom is -0.390 e. The van der Waals surface area contributed by atoms with Gasteiger partial charge in [0.15, 0.2) is 29.1 Å². The van der Waals surface area contributed by atoms with Gasteiger partial charge in [0.05, 0.1) is 12.2 Å². The predicted molar refractivity (Wildman–Crippen MR) is 206 cm³/mol. The molecular formula is C46H49FO6S. The lowest BCUT2D eigenvalue weighted by Gasteiger charge is -2.62. The van der Waals surface area contributed by atoms with E-state index in [1.54, 1.807) is 12.2 Å². The summed E-state index contributed by atoms with van der Waals surface area (Å²) in [5.41, 5.74) is -3.31. The van der Waals surface area contributed by atoms with E-state index in [4.69, 9.17) is 14.2 Å². The predicted octanol–water partition coefficient (Wildman–Crippen LogP) is 8.17. The van der Waals surface area contributed by atoms with Crippen molar-refractivity contribution in [2.75, 3.05) is 18.1 Å². The number of allylic oxidation sites excluding steroid dienone is 4. The molecule has 9 rings (SSSR count). The molecular weight excluding hydrogens is 700 g/mol. The van der Waals surface area contributed by atoms with Crippen molar-refractivity contribution >= 4 is 23.3 Å². The van der Waals surface area contributed by atoms with E-state index >= 15 is 9.18 Å². The van der Waals surface area contributed by atoms with Crippen molar-refractivity contribution in [3.63, 3.8) is 0 Å². The summed E-state index contributed by atoms with van der Waals surface area (Å²) in [5.74, 6) is 0.886. The van der Waals surface area contributed by atoms with Crippen LogP contribution in [0.1, 0.15) is 69.1 Å². The molecule has 6 aliphatic rings. The summed E-state index contributed by atoms with van der Waals surface area (Å²) in [4.78, 5) is 28.0. The molecule has 2 heterocycles. The van der Waals surface area contributed by atoms with Crippen LogP contribution in [0, 0.1) is 28.6 Å². The van der Waals surface area contributed by atoms with Gasteiger partial charge in [-0.25, -0.2) is 4.39 Å². The van der Waals surface area contributed by atoms with Gasteiger partial charge < -0.3 is 19.3 Å². The van der Waals surface area contributed by atoms with Gasteiger partial charge in [-0.3, -0.25) is 9.59 Å². The standard InChI is InChI=1S/C46H49FO6S/c1-42-23-20-35(48)26-34(42)18-19-36-37-27-40-46(43(37,2)28-38(49)45(36,42)47,53-41(52-40)30-21-24-54-25-22-30)39(50)29-51-44(31-12-6-3-7-13-31,32-14-8-4-9-15-32)33-16-10-5-11-17-33/h3-17,20,23,26,30,36-38,40-41,49H,18-19,21-22,24-25,27-29H2,1-2H3/t36-,37-,38-,40+,41+,42-,43-,45-,46+/m0/s1. The van der Waals surface area contributed by atoms with Gasteiger partial charge in [-0.15, -0.1) is 0 Å². The number of Topliss-reactive ketones (excluding diaryl/α,β-unsaturated/α-hetero) is 1. The Hall–Kier alpha value is -3.40. The fourth-order valence-corrected chi connectivity index (χ4v) is 12.9. The minimum atomic E-state index is -2.03. The van der Waals surface area contributed by atoms with Crippen molar-refractivity contribution < 1.29 is 33.3 Å². The smallest absolute Gasteiger partial charge is 0.193 e. The molecule has 2 aliphatic heterocycles. The maximum Gasteiger partial charge on any atom is 0.193 e. The number of carbonyl (C=O) groups is 2. The third-order valence-corrected chi connectivity index (χ3v) is 15.5. The van der Waals surface area contributed by atoms with Crippen LogP contribution in [0.4, 0.5) is 4.39 Å². The summed E-state index contributed by atoms with van der Waals surface area (Å²) < 4.78 is 39.4. The van der Waals surface area contributed by atoms with E-state index in [2.05, 4.69) is 0 Å². The number of rotatable bonds is 8. The Morgan fingerprint density at radius 3 is 2.09 bits per heavy atom. The lowest BCUT2D eigenvalue weighted by molar-refractivity contribution is -0.236. The summed E-state index contributed by atoms with van der Waals surface area (Å²) in [6.45, 7) is 3.57. The van der Waals surface area contributed by atoms with E-state index < -0.39 is 52.1 Å². The molecule has 6 nitrogen and oxygen atoms in total. The summed E-state index contributed by atoms with van der Waals surface area (Å²) in [5, 5.41) is 12.2.